The highest BCUT2D eigenvalue weighted by atomic mass is 35.5. The van der Waals surface area contributed by atoms with Gasteiger partial charge in [-0.3, -0.25) is 4.79 Å². The Kier molecular flexibility index (Phi) is 7.25. The average molecular weight is 465 g/mol. The molecule has 30 heavy (non-hydrogen) atoms. The molecule has 0 fully saturated rings. The molecule has 3 rings (SSSR count). The molecule has 0 N–H and O–H groups in total. The van der Waals surface area contributed by atoms with Crippen LogP contribution >= 0.6 is 22.9 Å². The number of carbonyl (C=O) groups excluding carboxylic acids is 1. The molecule has 1 heterocycles. The maximum atomic E-state index is 12.5. The third-order valence-corrected chi connectivity index (χ3v) is 6.76. The van der Waals surface area contributed by atoms with E-state index in [9.17, 15) is 13.2 Å². The van der Waals surface area contributed by atoms with Gasteiger partial charge in [-0.15, -0.1) is 0 Å². The van der Waals surface area contributed by atoms with E-state index in [2.05, 4.69) is 4.99 Å². The molecule has 0 unspecified atom stereocenters. The number of thiazole rings is 1. The van der Waals surface area contributed by atoms with Crippen LogP contribution in [0.5, 0.6) is 0 Å². The number of sulfone groups is 1. The summed E-state index contributed by atoms with van der Waals surface area (Å²) in [7, 11) is -3.33. The van der Waals surface area contributed by atoms with Gasteiger partial charge in [-0.2, -0.15) is 4.99 Å². The van der Waals surface area contributed by atoms with Crippen molar-refractivity contribution in [2.75, 3.05) is 19.5 Å². The van der Waals surface area contributed by atoms with Crippen LogP contribution in [0.1, 0.15) is 12.5 Å². The Morgan fingerprint density at radius 2 is 2.03 bits per heavy atom. The van der Waals surface area contributed by atoms with E-state index in [1.807, 2.05) is 23.6 Å². The number of hydrogen-bond acceptors (Lipinski definition) is 5. The van der Waals surface area contributed by atoms with E-state index in [-0.39, 0.29) is 4.90 Å². The number of aromatic nitrogens is 1. The van der Waals surface area contributed by atoms with Gasteiger partial charge in [0.1, 0.15) is 0 Å². The number of halogens is 1. The Hall–Kier alpha value is -2.26. The van der Waals surface area contributed by atoms with Gasteiger partial charge in [-0.05, 0) is 42.8 Å². The highest BCUT2D eigenvalue weighted by Gasteiger charge is 2.12. The van der Waals surface area contributed by atoms with Crippen molar-refractivity contribution in [3.63, 3.8) is 0 Å². The standard InChI is InChI=1S/C21H21ClN2O4S2/c1-3-28-13-12-24-18-10-9-16(30(2,26)27)14-19(18)29-21(24)23-20(25)11-8-15-6-4-5-7-17(15)22/h4-11,14H,3,12-13H2,1-2H3. The van der Waals surface area contributed by atoms with Crippen molar-refractivity contribution in [3.8, 4) is 0 Å². The Bertz CT molecular complexity index is 1270. The van der Waals surface area contributed by atoms with Gasteiger partial charge >= 0.3 is 0 Å². The summed E-state index contributed by atoms with van der Waals surface area (Å²) in [6.07, 6.45) is 4.15. The zero-order chi connectivity index (χ0) is 21.7. The van der Waals surface area contributed by atoms with Crippen LogP contribution in [0.25, 0.3) is 16.3 Å². The van der Waals surface area contributed by atoms with Crippen molar-refractivity contribution in [2.24, 2.45) is 4.99 Å². The van der Waals surface area contributed by atoms with Gasteiger partial charge in [0, 0.05) is 30.5 Å². The molecule has 0 saturated heterocycles. The van der Waals surface area contributed by atoms with E-state index in [1.54, 1.807) is 36.4 Å². The second-order valence-electron chi connectivity index (χ2n) is 6.44. The number of amides is 1. The number of rotatable bonds is 7. The number of hydrogen-bond donors (Lipinski definition) is 0. The lowest BCUT2D eigenvalue weighted by Gasteiger charge is -2.05. The third-order valence-electron chi connectivity index (χ3n) is 4.26. The quantitative estimate of drug-likeness (QED) is 0.392. The van der Waals surface area contributed by atoms with Gasteiger partial charge in [0.25, 0.3) is 5.91 Å². The molecule has 6 nitrogen and oxygen atoms in total. The predicted molar refractivity (Wildman–Crippen MR) is 120 cm³/mol. The van der Waals surface area contributed by atoms with Crippen LogP contribution in [-0.2, 0) is 25.9 Å². The van der Waals surface area contributed by atoms with Gasteiger partial charge in [-0.25, -0.2) is 8.42 Å². The molecular weight excluding hydrogens is 444 g/mol. The van der Waals surface area contributed by atoms with E-state index in [0.717, 1.165) is 15.8 Å². The lowest BCUT2D eigenvalue weighted by atomic mass is 10.2. The second kappa shape index (κ2) is 9.70. The Labute approximate surface area is 184 Å². The third kappa shape index (κ3) is 5.46. The van der Waals surface area contributed by atoms with Crippen molar-refractivity contribution >= 4 is 55.0 Å². The Morgan fingerprint density at radius 3 is 2.73 bits per heavy atom. The van der Waals surface area contributed by atoms with Crippen molar-refractivity contribution in [1.29, 1.82) is 0 Å². The van der Waals surface area contributed by atoms with Gasteiger partial charge in [0.15, 0.2) is 14.6 Å². The van der Waals surface area contributed by atoms with Crippen LogP contribution in [0.3, 0.4) is 0 Å². The highest BCUT2D eigenvalue weighted by molar-refractivity contribution is 7.90. The zero-order valence-electron chi connectivity index (χ0n) is 16.5. The Balaban J connectivity index is 2.02. The lowest BCUT2D eigenvalue weighted by Crippen LogP contribution is -2.19. The maximum Gasteiger partial charge on any atom is 0.272 e. The first-order valence-electron chi connectivity index (χ1n) is 9.22. The predicted octanol–water partition coefficient (Wildman–Crippen LogP) is 3.94. The van der Waals surface area contributed by atoms with Crippen molar-refractivity contribution in [1.82, 2.24) is 4.57 Å². The molecule has 1 aromatic heterocycles. The Morgan fingerprint density at radius 1 is 1.27 bits per heavy atom. The number of benzene rings is 2. The molecule has 0 spiro atoms. The second-order valence-corrected chi connectivity index (χ2v) is 9.87. The van der Waals surface area contributed by atoms with Crippen LogP contribution in [0.4, 0.5) is 0 Å². The topological polar surface area (TPSA) is 77.7 Å². The summed E-state index contributed by atoms with van der Waals surface area (Å²) in [5, 5.41) is 0.545. The molecule has 0 bridgehead atoms. The van der Waals surface area contributed by atoms with Crippen LogP contribution in [0.2, 0.25) is 5.02 Å². The van der Waals surface area contributed by atoms with E-state index >= 15 is 0 Å². The maximum absolute atomic E-state index is 12.5. The monoisotopic (exact) mass is 464 g/mol. The molecule has 1 amide bonds. The zero-order valence-corrected chi connectivity index (χ0v) is 18.9. The number of carbonyl (C=O) groups is 1. The van der Waals surface area contributed by atoms with Gasteiger partial charge < -0.3 is 9.30 Å². The molecule has 0 aliphatic rings. The number of nitrogens with zero attached hydrogens (tertiary/aromatic N) is 2. The van der Waals surface area contributed by atoms with Crippen molar-refractivity contribution in [2.45, 2.75) is 18.4 Å². The van der Waals surface area contributed by atoms with Crippen molar-refractivity contribution < 1.29 is 17.9 Å². The molecule has 2 aromatic carbocycles. The summed E-state index contributed by atoms with van der Waals surface area (Å²) in [6.45, 7) is 3.43. The molecular formula is C21H21ClN2O4S2. The fourth-order valence-electron chi connectivity index (χ4n) is 2.79. The minimum absolute atomic E-state index is 0.227. The van der Waals surface area contributed by atoms with Crippen LogP contribution < -0.4 is 4.80 Å². The molecule has 3 aromatic rings. The largest absolute Gasteiger partial charge is 0.380 e. The van der Waals surface area contributed by atoms with Gasteiger partial charge in [-0.1, -0.05) is 41.1 Å². The summed E-state index contributed by atoms with van der Waals surface area (Å²) < 4.78 is 31.8. The SMILES string of the molecule is CCOCCn1c(=NC(=O)C=Cc2ccccc2Cl)sc2cc(S(C)(=O)=O)ccc21. The van der Waals surface area contributed by atoms with Crippen LogP contribution in [0, 0.1) is 0 Å². The van der Waals surface area contributed by atoms with E-state index in [1.165, 1.54) is 23.7 Å². The highest BCUT2D eigenvalue weighted by Crippen LogP contribution is 2.22. The molecule has 0 atom stereocenters. The van der Waals surface area contributed by atoms with Crippen LogP contribution in [-0.4, -0.2) is 38.4 Å². The number of fused-ring (bicyclic) bond motifs is 1. The summed E-state index contributed by atoms with van der Waals surface area (Å²) in [5.74, 6) is -0.435. The summed E-state index contributed by atoms with van der Waals surface area (Å²) >= 11 is 7.37. The average Bonchev–Trinajstić information content (AvgIpc) is 3.03. The van der Waals surface area contributed by atoms with E-state index < -0.39 is 15.7 Å². The summed E-state index contributed by atoms with van der Waals surface area (Å²) in [4.78, 5) is 17.4. The van der Waals surface area contributed by atoms with Crippen molar-refractivity contribution in [3.05, 3.63) is 63.9 Å². The summed E-state index contributed by atoms with van der Waals surface area (Å²) in [5.41, 5.74) is 1.52. The van der Waals surface area contributed by atoms with Gasteiger partial charge in [0.05, 0.1) is 21.7 Å². The first-order valence-corrected chi connectivity index (χ1v) is 12.3. The fourth-order valence-corrected chi connectivity index (χ4v) is 4.81. The minimum Gasteiger partial charge on any atom is -0.380 e. The summed E-state index contributed by atoms with van der Waals surface area (Å²) in [6, 6.07) is 12.1. The first-order chi connectivity index (χ1) is 14.3. The molecule has 9 heteroatoms. The first kappa shape index (κ1) is 22.4. The van der Waals surface area contributed by atoms with E-state index in [0.29, 0.717) is 29.6 Å². The number of ether oxygens (including phenoxy) is 1. The molecule has 0 saturated carbocycles. The normalized spacial score (nSPS) is 12.8. The lowest BCUT2D eigenvalue weighted by molar-refractivity contribution is -0.113. The van der Waals surface area contributed by atoms with Crippen LogP contribution in [0.15, 0.2) is 58.4 Å². The molecule has 158 valence electrons. The molecule has 0 radical (unpaired) electrons. The van der Waals surface area contributed by atoms with Gasteiger partial charge in [0.2, 0.25) is 0 Å². The minimum atomic E-state index is -3.33. The molecule has 0 aliphatic carbocycles. The molecule has 0 aliphatic heterocycles. The smallest absolute Gasteiger partial charge is 0.272 e. The van der Waals surface area contributed by atoms with E-state index in [4.69, 9.17) is 16.3 Å². The fraction of sp³-hybridized carbons (Fsp3) is 0.238.